The van der Waals surface area contributed by atoms with Gasteiger partial charge in [-0.05, 0) is 25.5 Å². The lowest BCUT2D eigenvalue weighted by atomic mass is 9.79. The molecular weight excluding hydrogens is 216 g/mol. The number of hydrogen-bond acceptors (Lipinski definition) is 1. The molecule has 1 aromatic carbocycles. The second kappa shape index (κ2) is 4.64. The van der Waals surface area contributed by atoms with Gasteiger partial charge in [0, 0.05) is 0 Å². The highest BCUT2D eigenvalue weighted by atomic mass is 19.4. The molecular formula is C11H13BF3O-. The van der Waals surface area contributed by atoms with Gasteiger partial charge in [0.15, 0.2) is 0 Å². The van der Waals surface area contributed by atoms with Gasteiger partial charge < -0.3 is 17.7 Å². The maximum atomic E-state index is 12.4. The van der Waals surface area contributed by atoms with Crippen LogP contribution < -0.4 is 10.2 Å². The Balaban J connectivity index is 2.96. The van der Waals surface area contributed by atoms with Gasteiger partial charge in [-0.3, -0.25) is 0 Å². The summed E-state index contributed by atoms with van der Waals surface area (Å²) >= 11 is 0. The van der Waals surface area contributed by atoms with Crippen LogP contribution in [-0.2, 0) is 0 Å². The lowest BCUT2D eigenvalue weighted by Gasteiger charge is -2.18. The van der Waals surface area contributed by atoms with Crippen molar-refractivity contribution in [1.82, 2.24) is 0 Å². The Morgan fingerprint density at radius 2 is 2.00 bits per heavy atom. The van der Waals surface area contributed by atoms with Crippen LogP contribution in [0.25, 0.3) is 0 Å². The van der Waals surface area contributed by atoms with E-state index in [1.807, 2.05) is 0 Å². The number of aryl methyl sites for hydroxylation is 1. The van der Waals surface area contributed by atoms with Crippen LogP contribution in [0.1, 0.15) is 12.5 Å². The first-order chi connectivity index (χ1) is 7.34. The van der Waals surface area contributed by atoms with Crippen LogP contribution in [0.4, 0.5) is 12.9 Å². The Labute approximate surface area is 93.0 Å². The summed E-state index contributed by atoms with van der Waals surface area (Å²) in [5, 5.41) is 0. The van der Waals surface area contributed by atoms with Gasteiger partial charge in [0.2, 0.25) is 0 Å². The third-order valence-electron chi connectivity index (χ3n) is 2.22. The third kappa shape index (κ3) is 3.05. The van der Waals surface area contributed by atoms with Crippen molar-refractivity contribution in [3.63, 3.8) is 0 Å². The molecule has 5 heteroatoms. The molecule has 0 fully saturated rings. The molecule has 1 atom stereocenters. The molecule has 0 bridgehead atoms. The first-order valence-corrected chi connectivity index (χ1v) is 4.94. The molecule has 0 aliphatic rings. The SMILES string of the molecule is C=CC(C)Oc1ccc([B-](F)(F)F)cc1C. The Bertz CT molecular complexity index is 387. The van der Waals surface area contributed by atoms with Crippen molar-refractivity contribution in [3.05, 3.63) is 36.4 Å². The molecule has 1 nitrogen and oxygen atoms in total. The first kappa shape index (κ1) is 12.7. The van der Waals surface area contributed by atoms with E-state index in [0.29, 0.717) is 11.3 Å². The summed E-state index contributed by atoms with van der Waals surface area (Å²) in [6, 6.07) is 3.49. The van der Waals surface area contributed by atoms with Gasteiger partial charge in [0.05, 0.1) is 0 Å². The average Bonchev–Trinajstić information content (AvgIpc) is 2.19. The highest BCUT2D eigenvalue weighted by molar-refractivity contribution is 6.73. The van der Waals surface area contributed by atoms with E-state index in [9.17, 15) is 12.9 Å². The molecule has 1 unspecified atom stereocenters. The number of hydrogen-bond donors (Lipinski definition) is 0. The molecule has 0 heterocycles. The fourth-order valence-corrected chi connectivity index (χ4v) is 1.26. The molecule has 0 aliphatic carbocycles. The second-order valence-electron chi connectivity index (χ2n) is 3.66. The molecule has 1 aromatic rings. The molecule has 0 N–H and O–H groups in total. The molecule has 1 rings (SSSR count). The van der Waals surface area contributed by atoms with Crippen molar-refractivity contribution in [2.75, 3.05) is 0 Å². The molecule has 0 amide bonds. The number of ether oxygens (including phenoxy) is 1. The van der Waals surface area contributed by atoms with Crippen molar-refractivity contribution in [1.29, 1.82) is 0 Å². The van der Waals surface area contributed by atoms with Crippen LogP contribution >= 0.6 is 0 Å². The van der Waals surface area contributed by atoms with E-state index < -0.39 is 12.4 Å². The van der Waals surface area contributed by atoms with E-state index in [1.165, 1.54) is 6.07 Å². The highest BCUT2D eigenvalue weighted by Gasteiger charge is 2.25. The molecule has 0 saturated carbocycles. The maximum Gasteiger partial charge on any atom is 0.509 e. The summed E-state index contributed by atoms with van der Waals surface area (Å²) < 4.78 is 42.7. The molecule has 0 radical (unpaired) electrons. The monoisotopic (exact) mass is 229 g/mol. The smallest absolute Gasteiger partial charge is 0.486 e. The Kier molecular flexibility index (Phi) is 3.68. The van der Waals surface area contributed by atoms with Crippen LogP contribution in [0.3, 0.4) is 0 Å². The number of halogens is 3. The highest BCUT2D eigenvalue weighted by Crippen LogP contribution is 2.20. The van der Waals surface area contributed by atoms with Gasteiger partial charge in [-0.25, -0.2) is 0 Å². The van der Waals surface area contributed by atoms with Gasteiger partial charge in [0.1, 0.15) is 11.9 Å². The van der Waals surface area contributed by atoms with Gasteiger partial charge in [0.25, 0.3) is 0 Å². The zero-order valence-corrected chi connectivity index (χ0v) is 9.21. The lowest BCUT2D eigenvalue weighted by Crippen LogP contribution is -2.34. The molecule has 16 heavy (non-hydrogen) atoms. The van der Waals surface area contributed by atoms with E-state index in [-0.39, 0.29) is 6.10 Å². The van der Waals surface area contributed by atoms with E-state index >= 15 is 0 Å². The molecule has 0 spiro atoms. The van der Waals surface area contributed by atoms with Crippen molar-refractivity contribution in [2.24, 2.45) is 0 Å². The first-order valence-electron chi connectivity index (χ1n) is 4.94. The van der Waals surface area contributed by atoms with E-state index in [0.717, 1.165) is 12.1 Å². The third-order valence-corrected chi connectivity index (χ3v) is 2.22. The lowest BCUT2D eigenvalue weighted by molar-refractivity contribution is 0.268. The quantitative estimate of drug-likeness (QED) is 0.569. The standard InChI is InChI=1S/C11H13BF3O/c1-4-9(3)16-11-6-5-10(7-8(11)2)12(13,14)15/h4-7,9H,1H2,2-3H3/q-1. The Hall–Kier alpha value is -1.39. The van der Waals surface area contributed by atoms with Gasteiger partial charge in [-0.15, -0.1) is 5.46 Å². The number of rotatable bonds is 4. The Morgan fingerprint density at radius 1 is 1.38 bits per heavy atom. The van der Waals surface area contributed by atoms with Crippen LogP contribution in [0.2, 0.25) is 0 Å². The second-order valence-corrected chi connectivity index (χ2v) is 3.66. The van der Waals surface area contributed by atoms with Gasteiger partial charge in [-0.1, -0.05) is 24.8 Å². The topological polar surface area (TPSA) is 9.23 Å². The van der Waals surface area contributed by atoms with E-state index in [1.54, 1.807) is 19.9 Å². The normalized spacial score (nSPS) is 13.3. The van der Waals surface area contributed by atoms with E-state index in [4.69, 9.17) is 4.74 Å². The van der Waals surface area contributed by atoms with Crippen LogP contribution in [-0.4, -0.2) is 13.1 Å². The molecule has 0 aromatic heterocycles. The number of benzene rings is 1. The van der Waals surface area contributed by atoms with Crippen LogP contribution in [0.5, 0.6) is 5.75 Å². The van der Waals surface area contributed by atoms with Crippen LogP contribution in [0, 0.1) is 6.92 Å². The fraction of sp³-hybridized carbons (Fsp3) is 0.273. The minimum absolute atomic E-state index is 0.221. The predicted molar refractivity (Wildman–Crippen MR) is 60.2 cm³/mol. The summed E-state index contributed by atoms with van der Waals surface area (Å²) in [6.07, 6.45) is 1.36. The molecule has 0 saturated heterocycles. The predicted octanol–water partition coefficient (Wildman–Crippen LogP) is 3.00. The van der Waals surface area contributed by atoms with Gasteiger partial charge >= 0.3 is 6.98 Å². The summed E-state index contributed by atoms with van der Waals surface area (Å²) in [5.74, 6) is 0.455. The van der Waals surface area contributed by atoms with E-state index in [2.05, 4.69) is 6.58 Å². The largest absolute Gasteiger partial charge is 0.509 e. The maximum absolute atomic E-state index is 12.4. The zero-order chi connectivity index (χ0) is 12.3. The Morgan fingerprint density at radius 3 is 2.44 bits per heavy atom. The van der Waals surface area contributed by atoms with Gasteiger partial charge in [-0.2, -0.15) is 0 Å². The summed E-state index contributed by atoms with van der Waals surface area (Å²) in [7, 11) is 0. The van der Waals surface area contributed by atoms with Crippen LogP contribution in [0.15, 0.2) is 30.9 Å². The average molecular weight is 229 g/mol. The molecule has 0 aliphatic heterocycles. The zero-order valence-electron chi connectivity index (χ0n) is 9.21. The van der Waals surface area contributed by atoms with Crippen molar-refractivity contribution in [2.45, 2.75) is 20.0 Å². The minimum atomic E-state index is -4.94. The summed E-state index contributed by atoms with van der Waals surface area (Å²) in [5.41, 5.74) is -0.124. The molecule has 88 valence electrons. The van der Waals surface area contributed by atoms with Crippen molar-refractivity contribution < 1.29 is 17.7 Å². The fourth-order valence-electron chi connectivity index (χ4n) is 1.26. The van der Waals surface area contributed by atoms with Crippen molar-refractivity contribution in [3.8, 4) is 5.75 Å². The minimum Gasteiger partial charge on any atom is -0.486 e. The summed E-state index contributed by atoms with van der Waals surface area (Å²) in [6.45, 7) is 1.97. The summed E-state index contributed by atoms with van der Waals surface area (Å²) in [4.78, 5) is 0. The van der Waals surface area contributed by atoms with Crippen molar-refractivity contribution >= 4 is 12.4 Å².